The third kappa shape index (κ3) is 2.53. The molecule has 1 aromatic heterocycles. The number of fused-ring (bicyclic) bond motifs is 1. The van der Waals surface area contributed by atoms with E-state index in [0.717, 1.165) is 11.9 Å². The highest BCUT2D eigenvalue weighted by Crippen LogP contribution is 2.30. The van der Waals surface area contributed by atoms with E-state index in [2.05, 4.69) is 0 Å². The van der Waals surface area contributed by atoms with Crippen LogP contribution in [0.25, 0.3) is 11.1 Å². The topological polar surface area (TPSA) is 73.9 Å². The fraction of sp³-hybridized carbons (Fsp3) is 0.529. The van der Waals surface area contributed by atoms with Crippen LogP contribution < -0.4 is 5.76 Å². The van der Waals surface area contributed by atoms with E-state index >= 15 is 0 Å². The molecular formula is C17H20N2O5. The van der Waals surface area contributed by atoms with Crippen molar-refractivity contribution < 1.29 is 18.7 Å². The van der Waals surface area contributed by atoms with Crippen LogP contribution in [-0.2, 0) is 20.8 Å². The molecule has 0 N–H and O–H groups in total. The van der Waals surface area contributed by atoms with Crippen LogP contribution in [0.2, 0.25) is 0 Å². The molecule has 2 saturated heterocycles. The lowest BCUT2D eigenvalue weighted by atomic mass is 9.95. The maximum atomic E-state index is 12.8. The standard InChI is InChI=1S/C17H20N2O5/c20-15(19-8-10-23-12-17(19)6-9-22-11-17)5-7-18-13-3-1-2-4-14(13)24-16(18)21/h1-4H,5-12H2. The van der Waals surface area contributed by atoms with E-state index < -0.39 is 5.76 Å². The van der Waals surface area contributed by atoms with Crippen molar-refractivity contribution in [2.45, 2.75) is 24.9 Å². The first-order valence-corrected chi connectivity index (χ1v) is 8.24. The van der Waals surface area contributed by atoms with Crippen LogP contribution in [0.4, 0.5) is 0 Å². The number of rotatable bonds is 3. The van der Waals surface area contributed by atoms with Crippen LogP contribution in [0, 0.1) is 0 Å². The summed E-state index contributed by atoms with van der Waals surface area (Å²) < 4.78 is 17.8. The monoisotopic (exact) mass is 332 g/mol. The number of amides is 1. The molecule has 3 heterocycles. The Balaban J connectivity index is 1.51. The van der Waals surface area contributed by atoms with E-state index in [0.29, 0.717) is 45.1 Å². The van der Waals surface area contributed by atoms with Gasteiger partial charge in [0.2, 0.25) is 5.91 Å². The molecular weight excluding hydrogens is 312 g/mol. The largest absolute Gasteiger partial charge is 0.419 e. The van der Waals surface area contributed by atoms with Gasteiger partial charge < -0.3 is 18.8 Å². The lowest BCUT2D eigenvalue weighted by Gasteiger charge is -2.43. The summed E-state index contributed by atoms with van der Waals surface area (Å²) in [5.74, 6) is -0.397. The number of oxazole rings is 1. The minimum absolute atomic E-state index is 0.0287. The summed E-state index contributed by atoms with van der Waals surface area (Å²) in [7, 11) is 0. The Labute approximate surface area is 138 Å². The normalized spacial score (nSPS) is 24.1. The van der Waals surface area contributed by atoms with Gasteiger partial charge in [-0.2, -0.15) is 0 Å². The van der Waals surface area contributed by atoms with Crippen LogP contribution in [0.1, 0.15) is 12.8 Å². The van der Waals surface area contributed by atoms with Crippen molar-refractivity contribution in [3.05, 3.63) is 34.8 Å². The van der Waals surface area contributed by atoms with Gasteiger partial charge in [0.1, 0.15) is 0 Å². The highest BCUT2D eigenvalue weighted by atomic mass is 16.5. The lowest BCUT2D eigenvalue weighted by Crippen LogP contribution is -2.59. The molecule has 2 aliphatic heterocycles. The van der Waals surface area contributed by atoms with Crippen molar-refractivity contribution in [3.63, 3.8) is 0 Å². The highest BCUT2D eigenvalue weighted by molar-refractivity contribution is 5.78. The van der Waals surface area contributed by atoms with Crippen LogP contribution in [0.15, 0.2) is 33.5 Å². The Morgan fingerprint density at radius 3 is 2.79 bits per heavy atom. The Kier molecular flexibility index (Phi) is 3.90. The number of morpholine rings is 1. The second-order valence-electron chi connectivity index (χ2n) is 6.36. The van der Waals surface area contributed by atoms with Gasteiger partial charge in [0.15, 0.2) is 5.58 Å². The quantitative estimate of drug-likeness (QED) is 0.838. The highest BCUT2D eigenvalue weighted by Gasteiger charge is 2.45. The molecule has 128 valence electrons. The zero-order chi connectivity index (χ0) is 16.6. The molecule has 24 heavy (non-hydrogen) atoms. The zero-order valence-corrected chi connectivity index (χ0v) is 13.4. The van der Waals surface area contributed by atoms with Gasteiger partial charge >= 0.3 is 5.76 Å². The molecule has 1 amide bonds. The van der Waals surface area contributed by atoms with Crippen LogP contribution >= 0.6 is 0 Å². The molecule has 1 atom stereocenters. The first kappa shape index (κ1) is 15.4. The number of benzene rings is 1. The smallest absolute Gasteiger partial charge is 0.408 e. The summed E-state index contributed by atoms with van der Waals surface area (Å²) >= 11 is 0. The van der Waals surface area contributed by atoms with Crippen LogP contribution in [-0.4, -0.2) is 53.9 Å². The minimum Gasteiger partial charge on any atom is -0.408 e. The Hall–Kier alpha value is -2.12. The first-order valence-electron chi connectivity index (χ1n) is 8.24. The number of aromatic nitrogens is 1. The number of hydrogen-bond donors (Lipinski definition) is 0. The first-order chi connectivity index (χ1) is 11.7. The predicted octanol–water partition coefficient (Wildman–Crippen LogP) is 1.00. The molecule has 7 nitrogen and oxygen atoms in total. The van der Waals surface area contributed by atoms with Crippen molar-refractivity contribution in [1.82, 2.24) is 9.47 Å². The van der Waals surface area contributed by atoms with Gasteiger partial charge in [-0.1, -0.05) is 12.1 Å². The van der Waals surface area contributed by atoms with E-state index in [9.17, 15) is 9.59 Å². The van der Waals surface area contributed by atoms with E-state index in [1.54, 1.807) is 6.07 Å². The molecule has 1 aromatic carbocycles. The SMILES string of the molecule is O=C(CCn1c(=O)oc2ccccc21)N1CCOCC12CCOC2. The summed E-state index contributed by atoms with van der Waals surface area (Å²) in [6.45, 7) is 3.12. The number of ether oxygens (including phenoxy) is 2. The summed E-state index contributed by atoms with van der Waals surface area (Å²) in [5, 5.41) is 0. The maximum Gasteiger partial charge on any atom is 0.419 e. The average Bonchev–Trinajstić information content (AvgIpc) is 3.17. The van der Waals surface area contributed by atoms with E-state index in [4.69, 9.17) is 13.9 Å². The Bertz CT molecular complexity index is 803. The molecule has 2 aliphatic rings. The van der Waals surface area contributed by atoms with E-state index in [-0.39, 0.29) is 17.9 Å². The van der Waals surface area contributed by atoms with Crippen LogP contribution in [0.3, 0.4) is 0 Å². The molecule has 0 saturated carbocycles. The third-order valence-electron chi connectivity index (χ3n) is 4.91. The van der Waals surface area contributed by atoms with Crippen molar-refractivity contribution in [2.75, 3.05) is 33.0 Å². The van der Waals surface area contributed by atoms with Crippen LogP contribution in [0.5, 0.6) is 0 Å². The molecule has 2 aromatic rings. The van der Waals surface area contributed by atoms with Gasteiger partial charge in [-0.3, -0.25) is 9.36 Å². The zero-order valence-electron chi connectivity index (χ0n) is 13.4. The fourth-order valence-corrected chi connectivity index (χ4v) is 3.61. The van der Waals surface area contributed by atoms with E-state index in [1.165, 1.54) is 4.57 Å². The second kappa shape index (κ2) is 6.07. The molecule has 0 bridgehead atoms. The number of carbonyl (C=O) groups is 1. The maximum absolute atomic E-state index is 12.8. The summed E-state index contributed by atoms with van der Waals surface area (Å²) in [5.41, 5.74) is 0.928. The number of aryl methyl sites for hydroxylation is 1. The molecule has 4 rings (SSSR count). The second-order valence-corrected chi connectivity index (χ2v) is 6.36. The van der Waals surface area contributed by atoms with Gasteiger partial charge in [-0.15, -0.1) is 0 Å². The molecule has 1 spiro atoms. The Morgan fingerprint density at radius 1 is 1.17 bits per heavy atom. The summed E-state index contributed by atoms with van der Waals surface area (Å²) in [6.07, 6.45) is 1.05. The number of carbonyl (C=O) groups excluding carboxylic acids is 1. The van der Waals surface area contributed by atoms with E-state index in [1.807, 2.05) is 23.1 Å². The van der Waals surface area contributed by atoms with Crippen molar-refractivity contribution in [2.24, 2.45) is 0 Å². The molecule has 2 fully saturated rings. The average molecular weight is 332 g/mol. The van der Waals surface area contributed by atoms with Gasteiger partial charge in [0.25, 0.3) is 0 Å². The molecule has 0 aliphatic carbocycles. The fourth-order valence-electron chi connectivity index (χ4n) is 3.61. The third-order valence-corrected chi connectivity index (χ3v) is 4.91. The molecule has 0 radical (unpaired) electrons. The lowest BCUT2D eigenvalue weighted by molar-refractivity contribution is -0.149. The van der Waals surface area contributed by atoms with Gasteiger partial charge in [0, 0.05) is 26.1 Å². The number of nitrogens with zero attached hydrogens (tertiary/aromatic N) is 2. The number of hydrogen-bond acceptors (Lipinski definition) is 5. The summed E-state index contributed by atoms with van der Waals surface area (Å²) in [6, 6.07) is 7.24. The van der Waals surface area contributed by atoms with Crippen molar-refractivity contribution in [1.29, 1.82) is 0 Å². The number of para-hydroxylation sites is 2. The van der Waals surface area contributed by atoms with Gasteiger partial charge in [0.05, 0.1) is 30.9 Å². The van der Waals surface area contributed by atoms with Gasteiger partial charge in [-0.05, 0) is 18.6 Å². The molecule has 7 heteroatoms. The summed E-state index contributed by atoms with van der Waals surface area (Å²) in [4.78, 5) is 26.7. The molecule has 1 unspecified atom stereocenters. The van der Waals surface area contributed by atoms with Crippen molar-refractivity contribution >= 4 is 17.0 Å². The predicted molar refractivity (Wildman–Crippen MR) is 85.8 cm³/mol. The minimum atomic E-state index is -0.426. The van der Waals surface area contributed by atoms with Crippen molar-refractivity contribution in [3.8, 4) is 0 Å². The Morgan fingerprint density at radius 2 is 1.96 bits per heavy atom. The van der Waals surface area contributed by atoms with Gasteiger partial charge in [-0.25, -0.2) is 4.79 Å².